The molecule has 152 valence electrons. The van der Waals surface area contributed by atoms with Crippen molar-refractivity contribution in [2.45, 2.75) is 45.8 Å². The Morgan fingerprint density at radius 3 is 2.14 bits per heavy atom. The SMILES string of the molecule is COc1ccc(CN(C)C(=O)[C@@H](C)Oc2ccc(C(C)(C)C)cc2)cc1OC. The van der Waals surface area contributed by atoms with Gasteiger partial charge in [0.15, 0.2) is 17.6 Å². The molecule has 0 fully saturated rings. The van der Waals surface area contributed by atoms with Crippen LogP contribution in [0.3, 0.4) is 0 Å². The molecule has 1 atom stereocenters. The van der Waals surface area contributed by atoms with Gasteiger partial charge in [-0.2, -0.15) is 0 Å². The van der Waals surface area contributed by atoms with Gasteiger partial charge in [0.25, 0.3) is 5.91 Å². The molecule has 5 nitrogen and oxygen atoms in total. The molecule has 0 saturated heterocycles. The Balaban J connectivity index is 2.00. The van der Waals surface area contributed by atoms with Gasteiger partial charge in [-0.15, -0.1) is 0 Å². The molecular formula is C23H31NO4. The topological polar surface area (TPSA) is 48.0 Å². The zero-order valence-electron chi connectivity index (χ0n) is 17.9. The van der Waals surface area contributed by atoms with Crippen LogP contribution in [-0.2, 0) is 16.8 Å². The number of benzene rings is 2. The summed E-state index contributed by atoms with van der Waals surface area (Å²) in [6.45, 7) is 8.72. The number of rotatable bonds is 7. The van der Waals surface area contributed by atoms with Gasteiger partial charge >= 0.3 is 0 Å². The average molecular weight is 386 g/mol. The van der Waals surface area contributed by atoms with Gasteiger partial charge in [-0.05, 0) is 47.7 Å². The molecule has 0 spiro atoms. The van der Waals surface area contributed by atoms with E-state index in [1.807, 2.05) is 42.5 Å². The fourth-order valence-electron chi connectivity index (χ4n) is 2.93. The van der Waals surface area contributed by atoms with Crippen LogP contribution < -0.4 is 14.2 Å². The van der Waals surface area contributed by atoms with E-state index >= 15 is 0 Å². The highest BCUT2D eigenvalue weighted by molar-refractivity contribution is 5.80. The summed E-state index contributed by atoms with van der Waals surface area (Å²) in [5.74, 6) is 1.91. The van der Waals surface area contributed by atoms with E-state index in [1.54, 1.807) is 33.1 Å². The molecule has 0 N–H and O–H groups in total. The largest absolute Gasteiger partial charge is 0.493 e. The molecule has 0 unspecified atom stereocenters. The first-order valence-corrected chi connectivity index (χ1v) is 9.38. The van der Waals surface area contributed by atoms with E-state index in [0.717, 1.165) is 5.56 Å². The fraction of sp³-hybridized carbons (Fsp3) is 0.435. The first-order valence-electron chi connectivity index (χ1n) is 9.38. The van der Waals surface area contributed by atoms with Crippen molar-refractivity contribution >= 4 is 5.91 Å². The molecule has 0 saturated carbocycles. The molecule has 28 heavy (non-hydrogen) atoms. The molecule has 2 rings (SSSR count). The lowest BCUT2D eigenvalue weighted by Gasteiger charge is -2.23. The second-order valence-electron chi connectivity index (χ2n) is 7.92. The lowest BCUT2D eigenvalue weighted by molar-refractivity contribution is -0.137. The monoisotopic (exact) mass is 385 g/mol. The fourth-order valence-corrected chi connectivity index (χ4v) is 2.93. The molecule has 0 aliphatic heterocycles. The summed E-state index contributed by atoms with van der Waals surface area (Å²) >= 11 is 0. The lowest BCUT2D eigenvalue weighted by atomic mass is 9.87. The maximum Gasteiger partial charge on any atom is 0.263 e. The first kappa shape index (κ1) is 21.6. The van der Waals surface area contributed by atoms with Gasteiger partial charge in [-0.3, -0.25) is 4.79 Å². The second-order valence-corrected chi connectivity index (χ2v) is 7.92. The Kier molecular flexibility index (Phi) is 6.95. The van der Waals surface area contributed by atoms with Crippen LogP contribution in [0.15, 0.2) is 42.5 Å². The number of methoxy groups -OCH3 is 2. The number of carbonyl (C=O) groups excluding carboxylic acids is 1. The number of hydrogen-bond acceptors (Lipinski definition) is 4. The zero-order valence-corrected chi connectivity index (χ0v) is 17.9. The van der Waals surface area contributed by atoms with Gasteiger partial charge < -0.3 is 19.1 Å². The van der Waals surface area contributed by atoms with Crippen LogP contribution in [0.4, 0.5) is 0 Å². The Morgan fingerprint density at radius 2 is 1.61 bits per heavy atom. The molecule has 0 heterocycles. The van der Waals surface area contributed by atoms with E-state index in [0.29, 0.717) is 23.8 Å². The summed E-state index contributed by atoms with van der Waals surface area (Å²) in [5.41, 5.74) is 2.26. The van der Waals surface area contributed by atoms with E-state index < -0.39 is 6.10 Å². The van der Waals surface area contributed by atoms with Gasteiger partial charge in [-0.1, -0.05) is 39.0 Å². The van der Waals surface area contributed by atoms with Crippen molar-refractivity contribution in [3.05, 3.63) is 53.6 Å². The van der Waals surface area contributed by atoms with Crippen molar-refractivity contribution in [2.24, 2.45) is 0 Å². The number of hydrogen-bond donors (Lipinski definition) is 0. The molecule has 0 bridgehead atoms. The van der Waals surface area contributed by atoms with Gasteiger partial charge in [-0.25, -0.2) is 0 Å². The van der Waals surface area contributed by atoms with E-state index in [4.69, 9.17) is 14.2 Å². The highest BCUT2D eigenvalue weighted by Crippen LogP contribution is 2.28. The van der Waals surface area contributed by atoms with Crippen LogP contribution in [0.25, 0.3) is 0 Å². The summed E-state index contributed by atoms with van der Waals surface area (Å²) in [4.78, 5) is 14.3. The van der Waals surface area contributed by atoms with E-state index in [-0.39, 0.29) is 11.3 Å². The van der Waals surface area contributed by atoms with Crippen LogP contribution >= 0.6 is 0 Å². The maximum atomic E-state index is 12.7. The van der Waals surface area contributed by atoms with Crippen molar-refractivity contribution in [1.82, 2.24) is 4.90 Å². The number of likely N-dealkylation sites (N-methyl/N-ethyl adjacent to an activating group) is 1. The molecule has 0 aliphatic rings. The standard InChI is InChI=1S/C23H31NO4/c1-16(28-19-11-9-18(10-12-19)23(2,3)4)22(25)24(5)15-17-8-13-20(26-6)21(14-17)27-7/h8-14,16H,15H2,1-7H3/t16-/m1/s1. The van der Waals surface area contributed by atoms with Crippen molar-refractivity contribution in [1.29, 1.82) is 0 Å². The highest BCUT2D eigenvalue weighted by atomic mass is 16.5. The van der Waals surface area contributed by atoms with E-state index in [9.17, 15) is 4.79 Å². The van der Waals surface area contributed by atoms with Crippen LogP contribution in [0.2, 0.25) is 0 Å². The number of amides is 1. The van der Waals surface area contributed by atoms with Crippen LogP contribution in [0.5, 0.6) is 17.2 Å². The zero-order chi connectivity index (χ0) is 20.9. The minimum Gasteiger partial charge on any atom is -0.493 e. The molecule has 0 aromatic heterocycles. The highest BCUT2D eigenvalue weighted by Gasteiger charge is 2.20. The third-order valence-corrected chi connectivity index (χ3v) is 4.62. The second kappa shape index (κ2) is 9.00. The summed E-state index contributed by atoms with van der Waals surface area (Å²) in [6.07, 6.45) is -0.578. The smallest absolute Gasteiger partial charge is 0.263 e. The Hall–Kier alpha value is -2.69. The third kappa shape index (κ3) is 5.41. The number of ether oxygens (including phenoxy) is 3. The normalized spacial score (nSPS) is 12.2. The van der Waals surface area contributed by atoms with Crippen LogP contribution in [0.1, 0.15) is 38.8 Å². The maximum absolute atomic E-state index is 12.7. The molecule has 0 radical (unpaired) electrons. The summed E-state index contributed by atoms with van der Waals surface area (Å²) < 4.78 is 16.4. The predicted molar refractivity (Wildman–Crippen MR) is 111 cm³/mol. The summed E-state index contributed by atoms with van der Waals surface area (Å²) in [7, 11) is 4.96. The van der Waals surface area contributed by atoms with Gasteiger partial charge in [0.05, 0.1) is 14.2 Å². The van der Waals surface area contributed by atoms with Crippen LogP contribution in [0, 0.1) is 0 Å². The number of nitrogens with zero attached hydrogens (tertiary/aromatic N) is 1. The molecule has 0 aliphatic carbocycles. The minimum atomic E-state index is -0.578. The summed E-state index contributed by atoms with van der Waals surface area (Å²) in [5, 5.41) is 0. The number of carbonyl (C=O) groups is 1. The van der Waals surface area contributed by atoms with Crippen molar-refractivity contribution in [3.63, 3.8) is 0 Å². The third-order valence-electron chi connectivity index (χ3n) is 4.62. The van der Waals surface area contributed by atoms with Crippen LogP contribution in [-0.4, -0.2) is 38.2 Å². The molecule has 5 heteroatoms. The first-order chi connectivity index (χ1) is 13.2. The average Bonchev–Trinajstić information content (AvgIpc) is 2.66. The van der Waals surface area contributed by atoms with E-state index in [1.165, 1.54) is 5.56 Å². The van der Waals surface area contributed by atoms with Crippen molar-refractivity contribution in [2.75, 3.05) is 21.3 Å². The molecular weight excluding hydrogens is 354 g/mol. The van der Waals surface area contributed by atoms with Gasteiger partial charge in [0.1, 0.15) is 5.75 Å². The van der Waals surface area contributed by atoms with Crippen molar-refractivity contribution < 1.29 is 19.0 Å². The quantitative estimate of drug-likeness (QED) is 0.708. The lowest BCUT2D eigenvalue weighted by Crippen LogP contribution is -2.37. The molecule has 2 aromatic carbocycles. The Bertz CT molecular complexity index is 793. The molecule has 2 aromatic rings. The summed E-state index contributed by atoms with van der Waals surface area (Å²) in [6, 6.07) is 13.5. The van der Waals surface area contributed by atoms with Gasteiger partial charge in [0, 0.05) is 13.6 Å². The Labute approximate surface area is 168 Å². The van der Waals surface area contributed by atoms with E-state index in [2.05, 4.69) is 20.8 Å². The minimum absolute atomic E-state index is 0.0829. The Morgan fingerprint density at radius 1 is 1.00 bits per heavy atom. The molecule has 1 amide bonds. The van der Waals surface area contributed by atoms with Crippen molar-refractivity contribution in [3.8, 4) is 17.2 Å². The predicted octanol–water partition coefficient (Wildman–Crippen LogP) is 4.43. The van der Waals surface area contributed by atoms with Gasteiger partial charge in [0.2, 0.25) is 0 Å².